The number of hydrogen-bond donors (Lipinski definition) is 1. The van der Waals surface area contributed by atoms with Crippen LogP contribution in [0.3, 0.4) is 0 Å². The van der Waals surface area contributed by atoms with E-state index in [2.05, 4.69) is 25.8 Å². The van der Waals surface area contributed by atoms with Gasteiger partial charge >= 0.3 is 0 Å². The van der Waals surface area contributed by atoms with Crippen molar-refractivity contribution in [2.24, 2.45) is 10.7 Å². The van der Waals surface area contributed by atoms with Crippen molar-refractivity contribution in [3.63, 3.8) is 0 Å². The number of halogens is 2. The van der Waals surface area contributed by atoms with E-state index in [1.165, 1.54) is 0 Å². The van der Waals surface area contributed by atoms with E-state index < -0.39 is 0 Å². The van der Waals surface area contributed by atoms with Gasteiger partial charge < -0.3 is 15.4 Å². The maximum Gasteiger partial charge on any atom is 0.191 e. The average molecular weight is 532 g/mol. The first kappa shape index (κ1) is 21.2. The van der Waals surface area contributed by atoms with Gasteiger partial charge in [0, 0.05) is 40.6 Å². The number of thioether (sulfide) groups is 2. The maximum atomic E-state index is 6.01. The fraction of sp³-hybridized carbons (Fsp3) is 0.533. The molecule has 0 saturated carbocycles. The molecule has 0 spiro atoms. The number of guanidine groups is 1. The van der Waals surface area contributed by atoms with Gasteiger partial charge in [-0.05, 0) is 18.2 Å². The molecule has 1 fully saturated rings. The van der Waals surface area contributed by atoms with E-state index in [0.717, 1.165) is 52.9 Å². The quantitative estimate of drug-likeness (QED) is 0.252. The minimum atomic E-state index is 0. The number of aliphatic imine (C=N–C) groups is 1. The summed E-state index contributed by atoms with van der Waals surface area (Å²) in [5.41, 5.74) is 6.01. The fourth-order valence-corrected chi connectivity index (χ4v) is 3.90. The lowest BCUT2D eigenvalue weighted by molar-refractivity contribution is 0.344. The molecule has 4 nitrogen and oxygen atoms in total. The van der Waals surface area contributed by atoms with Gasteiger partial charge in [0.15, 0.2) is 5.96 Å². The zero-order valence-electron chi connectivity index (χ0n) is 12.9. The minimum absolute atomic E-state index is 0. The van der Waals surface area contributed by atoms with Crippen LogP contribution >= 0.6 is 63.4 Å². The third-order valence-electron chi connectivity index (χ3n) is 3.14. The van der Waals surface area contributed by atoms with Crippen LogP contribution in [0.4, 0.5) is 0 Å². The Bertz CT molecular complexity index is 488. The second-order valence-electron chi connectivity index (χ2n) is 4.76. The molecule has 1 aromatic carbocycles. The van der Waals surface area contributed by atoms with E-state index in [9.17, 15) is 0 Å². The monoisotopic (exact) mass is 531 g/mol. The van der Waals surface area contributed by atoms with Crippen molar-refractivity contribution in [1.82, 2.24) is 4.90 Å². The van der Waals surface area contributed by atoms with Gasteiger partial charge in [0.05, 0.1) is 13.2 Å². The third kappa shape index (κ3) is 8.74. The van der Waals surface area contributed by atoms with Crippen LogP contribution in [-0.2, 0) is 0 Å². The molecule has 0 radical (unpaired) electrons. The number of nitrogens with zero attached hydrogens (tertiary/aromatic N) is 2. The van der Waals surface area contributed by atoms with Crippen molar-refractivity contribution >= 4 is 69.4 Å². The maximum absolute atomic E-state index is 6.01. The van der Waals surface area contributed by atoms with Gasteiger partial charge in [-0.1, -0.05) is 22.0 Å². The lowest BCUT2D eigenvalue weighted by Gasteiger charge is -2.27. The van der Waals surface area contributed by atoms with Crippen LogP contribution in [0.1, 0.15) is 0 Å². The first-order valence-corrected chi connectivity index (χ1v) is 10.4. The molecule has 0 aromatic heterocycles. The van der Waals surface area contributed by atoms with Crippen molar-refractivity contribution in [1.29, 1.82) is 0 Å². The molecule has 8 heteroatoms. The van der Waals surface area contributed by atoms with Crippen LogP contribution in [0.15, 0.2) is 33.7 Å². The van der Waals surface area contributed by atoms with E-state index in [1.54, 1.807) is 0 Å². The molecule has 23 heavy (non-hydrogen) atoms. The third-order valence-corrected chi connectivity index (χ3v) is 5.50. The Morgan fingerprint density at radius 2 is 2.13 bits per heavy atom. The molecule has 1 heterocycles. The fourth-order valence-electron chi connectivity index (χ4n) is 1.99. The number of rotatable bonds is 7. The molecule has 1 aliphatic rings. The van der Waals surface area contributed by atoms with E-state index in [1.807, 2.05) is 47.8 Å². The summed E-state index contributed by atoms with van der Waals surface area (Å²) < 4.78 is 6.73. The molecular formula is C15H23BrIN3OS2. The van der Waals surface area contributed by atoms with Gasteiger partial charge in [0.2, 0.25) is 0 Å². The molecule has 0 aliphatic carbocycles. The Kier molecular flexibility index (Phi) is 11.6. The predicted octanol–water partition coefficient (Wildman–Crippen LogP) is 3.54. The van der Waals surface area contributed by atoms with Gasteiger partial charge in [-0.25, -0.2) is 0 Å². The van der Waals surface area contributed by atoms with Gasteiger partial charge in [-0.15, -0.1) is 24.0 Å². The molecule has 0 atom stereocenters. The predicted molar refractivity (Wildman–Crippen MR) is 118 cm³/mol. The largest absolute Gasteiger partial charge is 0.493 e. The van der Waals surface area contributed by atoms with Crippen LogP contribution in [0.2, 0.25) is 0 Å². The Morgan fingerprint density at radius 1 is 1.35 bits per heavy atom. The second-order valence-corrected chi connectivity index (χ2v) is 8.12. The highest BCUT2D eigenvalue weighted by atomic mass is 127. The van der Waals surface area contributed by atoms with E-state index in [0.29, 0.717) is 12.6 Å². The van der Waals surface area contributed by atoms with Crippen molar-refractivity contribution < 1.29 is 4.74 Å². The molecule has 130 valence electrons. The van der Waals surface area contributed by atoms with Crippen molar-refractivity contribution in [3.8, 4) is 5.75 Å². The van der Waals surface area contributed by atoms with Gasteiger partial charge in [0.25, 0.3) is 0 Å². The standard InChI is InChI=1S/C15H22BrN3OS2.HI/c16-13-2-1-3-14(12-13)20-7-11-21-8-4-18-15(17)19-5-9-22-10-6-19;/h1-3,12H,4-11H2,(H2,17,18);1H. The number of hydrogen-bond acceptors (Lipinski definition) is 4. The lowest BCUT2D eigenvalue weighted by Crippen LogP contribution is -2.42. The molecule has 0 unspecified atom stereocenters. The SMILES string of the molecule is I.NC(=NCCSCCOc1cccc(Br)c1)N1CCSCC1. The summed E-state index contributed by atoms with van der Waals surface area (Å²) in [4.78, 5) is 6.64. The number of ether oxygens (including phenoxy) is 1. The molecular weight excluding hydrogens is 509 g/mol. The van der Waals surface area contributed by atoms with Crippen LogP contribution in [0.25, 0.3) is 0 Å². The van der Waals surface area contributed by atoms with Crippen LogP contribution < -0.4 is 10.5 Å². The Labute approximate surface area is 172 Å². The molecule has 2 N–H and O–H groups in total. The van der Waals surface area contributed by atoms with E-state index >= 15 is 0 Å². The Hall–Kier alpha value is 0.200. The Morgan fingerprint density at radius 3 is 2.87 bits per heavy atom. The van der Waals surface area contributed by atoms with Crippen molar-refractivity contribution in [2.75, 3.05) is 49.3 Å². The summed E-state index contributed by atoms with van der Waals surface area (Å²) in [6, 6.07) is 7.91. The summed E-state index contributed by atoms with van der Waals surface area (Å²) in [6.07, 6.45) is 0. The summed E-state index contributed by atoms with van der Waals surface area (Å²) in [6.45, 7) is 3.53. The summed E-state index contributed by atoms with van der Waals surface area (Å²) in [5, 5.41) is 0. The molecule has 1 aliphatic heterocycles. The van der Waals surface area contributed by atoms with Crippen molar-refractivity contribution in [2.45, 2.75) is 0 Å². The molecule has 0 amide bonds. The van der Waals surface area contributed by atoms with Gasteiger partial charge in [-0.3, -0.25) is 4.99 Å². The normalized spacial score (nSPS) is 15.2. The topological polar surface area (TPSA) is 50.9 Å². The minimum Gasteiger partial charge on any atom is -0.493 e. The summed E-state index contributed by atoms with van der Waals surface area (Å²) in [7, 11) is 0. The van der Waals surface area contributed by atoms with Crippen molar-refractivity contribution in [3.05, 3.63) is 28.7 Å². The number of benzene rings is 1. The van der Waals surface area contributed by atoms with Gasteiger partial charge in [-0.2, -0.15) is 23.5 Å². The molecule has 1 aromatic rings. The zero-order chi connectivity index (χ0) is 15.6. The summed E-state index contributed by atoms with van der Waals surface area (Å²) in [5.74, 6) is 5.84. The summed E-state index contributed by atoms with van der Waals surface area (Å²) >= 11 is 7.26. The second kappa shape index (κ2) is 12.5. The highest BCUT2D eigenvalue weighted by Crippen LogP contribution is 2.17. The lowest BCUT2D eigenvalue weighted by atomic mass is 10.3. The van der Waals surface area contributed by atoms with E-state index in [4.69, 9.17) is 10.5 Å². The first-order chi connectivity index (χ1) is 10.8. The number of nitrogens with two attached hydrogens (primary N) is 1. The molecule has 1 saturated heterocycles. The average Bonchev–Trinajstić information content (AvgIpc) is 2.54. The van der Waals surface area contributed by atoms with Crippen LogP contribution in [0, 0.1) is 0 Å². The van der Waals surface area contributed by atoms with E-state index in [-0.39, 0.29) is 24.0 Å². The zero-order valence-corrected chi connectivity index (χ0v) is 18.5. The highest BCUT2D eigenvalue weighted by Gasteiger charge is 2.11. The van der Waals surface area contributed by atoms with Gasteiger partial charge in [0.1, 0.15) is 5.75 Å². The molecule has 0 bridgehead atoms. The van der Waals surface area contributed by atoms with Crippen LogP contribution in [0.5, 0.6) is 5.75 Å². The molecule has 2 rings (SSSR count). The smallest absolute Gasteiger partial charge is 0.191 e. The van der Waals surface area contributed by atoms with Crippen LogP contribution in [-0.4, -0.2) is 60.1 Å². The Balaban J connectivity index is 0.00000264. The first-order valence-electron chi connectivity index (χ1n) is 7.34. The highest BCUT2D eigenvalue weighted by molar-refractivity contribution is 14.0.